The van der Waals surface area contributed by atoms with Crippen molar-refractivity contribution in [3.63, 3.8) is 0 Å². The molecule has 1 aliphatic heterocycles. The van der Waals surface area contributed by atoms with Crippen molar-refractivity contribution in [1.29, 1.82) is 0 Å². The van der Waals surface area contributed by atoms with E-state index in [1.807, 2.05) is 11.8 Å². The van der Waals surface area contributed by atoms with Gasteiger partial charge in [-0.3, -0.25) is 0 Å². The van der Waals surface area contributed by atoms with Gasteiger partial charge in [0.2, 0.25) is 0 Å². The summed E-state index contributed by atoms with van der Waals surface area (Å²) < 4.78 is 0. The van der Waals surface area contributed by atoms with Crippen LogP contribution in [0.25, 0.3) is 0 Å². The molecule has 16 heavy (non-hydrogen) atoms. The van der Waals surface area contributed by atoms with Gasteiger partial charge in [0.1, 0.15) is 0 Å². The zero-order valence-corrected chi connectivity index (χ0v) is 10.7. The number of likely N-dealkylation sites (tertiary alicyclic amines) is 1. The Balaban J connectivity index is 1.65. The second-order valence-electron chi connectivity index (χ2n) is 4.24. The van der Waals surface area contributed by atoms with E-state index in [9.17, 15) is 0 Å². The van der Waals surface area contributed by atoms with Gasteiger partial charge in [0.15, 0.2) is 0 Å². The molecular weight excluding hydrogens is 216 g/mol. The molecule has 88 valence electrons. The lowest BCUT2D eigenvalue weighted by molar-refractivity contribution is 0.351. The summed E-state index contributed by atoms with van der Waals surface area (Å²) in [5.41, 5.74) is 0. The Bertz CT molecular complexity index is 302. The highest BCUT2D eigenvalue weighted by molar-refractivity contribution is 7.99. The molecule has 0 saturated carbocycles. The number of rotatable bonds is 5. The van der Waals surface area contributed by atoms with Gasteiger partial charge in [-0.15, -0.1) is 11.8 Å². The minimum atomic E-state index is 0.710. The van der Waals surface area contributed by atoms with Gasteiger partial charge >= 0.3 is 0 Å². The van der Waals surface area contributed by atoms with Crippen molar-refractivity contribution < 1.29 is 0 Å². The third-order valence-electron chi connectivity index (χ3n) is 3.10. The minimum absolute atomic E-state index is 0.710. The molecule has 0 spiro atoms. The molecular formula is C13H20N2S. The fourth-order valence-electron chi connectivity index (χ4n) is 2.08. The van der Waals surface area contributed by atoms with Crippen LogP contribution in [0.2, 0.25) is 0 Å². The molecule has 1 unspecified atom stereocenters. The van der Waals surface area contributed by atoms with Crippen LogP contribution in [0.5, 0.6) is 0 Å². The topological polar surface area (TPSA) is 15.3 Å². The van der Waals surface area contributed by atoms with Crippen LogP contribution in [-0.4, -0.2) is 43.4 Å². The Kier molecular flexibility index (Phi) is 4.69. The number of nitrogens with zero attached hydrogens (tertiary/aromatic N) is 1. The zero-order valence-electron chi connectivity index (χ0n) is 9.86. The van der Waals surface area contributed by atoms with Crippen molar-refractivity contribution in [3.8, 4) is 0 Å². The number of benzene rings is 1. The van der Waals surface area contributed by atoms with Gasteiger partial charge in [0.05, 0.1) is 0 Å². The van der Waals surface area contributed by atoms with Crippen LogP contribution in [0.1, 0.15) is 6.42 Å². The quantitative estimate of drug-likeness (QED) is 0.788. The lowest BCUT2D eigenvalue weighted by Gasteiger charge is -2.15. The maximum atomic E-state index is 3.35. The van der Waals surface area contributed by atoms with E-state index in [0.717, 1.165) is 0 Å². The fraction of sp³-hybridized carbons (Fsp3) is 0.538. The van der Waals surface area contributed by atoms with Crippen LogP contribution in [-0.2, 0) is 0 Å². The molecule has 1 aromatic rings. The van der Waals surface area contributed by atoms with E-state index in [-0.39, 0.29) is 0 Å². The van der Waals surface area contributed by atoms with Gasteiger partial charge < -0.3 is 10.2 Å². The molecule has 1 atom stereocenters. The summed E-state index contributed by atoms with van der Waals surface area (Å²) >= 11 is 1.95. The molecule has 1 heterocycles. The van der Waals surface area contributed by atoms with Crippen molar-refractivity contribution in [2.45, 2.75) is 17.4 Å². The van der Waals surface area contributed by atoms with Crippen molar-refractivity contribution in [1.82, 2.24) is 10.2 Å². The number of likely N-dealkylation sites (N-methyl/N-ethyl adjacent to an activating group) is 1. The molecule has 1 saturated heterocycles. The second-order valence-corrected chi connectivity index (χ2v) is 5.40. The van der Waals surface area contributed by atoms with Crippen molar-refractivity contribution in [2.75, 3.05) is 32.4 Å². The van der Waals surface area contributed by atoms with E-state index in [1.165, 1.54) is 36.7 Å². The van der Waals surface area contributed by atoms with Crippen molar-refractivity contribution in [3.05, 3.63) is 30.3 Å². The molecule has 0 radical (unpaired) electrons. The summed E-state index contributed by atoms with van der Waals surface area (Å²) in [5.74, 6) is 1.19. The maximum Gasteiger partial charge on any atom is 0.0204 e. The molecule has 0 amide bonds. The van der Waals surface area contributed by atoms with Crippen LogP contribution in [0.4, 0.5) is 0 Å². The predicted octanol–water partition coefficient (Wildman–Crippen LogP) is 2.07. The summed E-state index contributed by atoms with van der Waals surface area (Å²) in [5, 5.41) is 3.35. The van der Waals surface area contributed by atoms with E-state index in [0.29, 0.717) is 6.04 Å². The first-order chi connectivity index (χ1) is 7.88. The first-order valence-electron chi connectivity index (χ1n) is 5.96. The van der Waals surface area contributed by atoms with Crippen molar-refractivity contribution in [2.24, 2.45) is 0 Å². The lowest BCUT2D eigenvalue weighted by atomic mass is 10.3. The molecule has 0 aromatic heterocycles. The Morgan fingerprint density at radius 2 is 2.19 bits per heavy atom. The van der Waals surface area contributed by atoms with Gasteiger partial charge in [0.25, 0.3) is 0 Å². The monoisotopic (exact) mass is 236 g/mol. The standard InChI is InChI=1S/C13H20N2S/c1-14-12-7-8-15(11-12)9-10-16-13-5-3-2-4-6-13/h2-6,12,14H,7-11H2,1H3. The van der Waals surface area contributed by atoms with E-state index < -0.39 is 0 Å². The van der Waals surface area contributed by atoms with Gasteiger partial charge in [-0.1, -0.05) is 18.2 Å². The molecule has 1 fully saturated rings. The lowest BCUT2D eigenvalue weighted by Crippen LogP contribution is -2.30. The Morgan fingerprint density at radius 3 is 2.88 bits per heavy atom. The highest BCUT2D eigenvalue weighted by Crippen LogP contribution is 2.18. The Labute approximate surface area is 102 Å². The fourth-order valence-corrected chi connectivity index (χ4v) is 3.02. The normalized spacial score (nSPS) is 21.4. The average molecular weight is 236 g/mol. The van der Waals surface area contributed by atoms with Gasteiger partial charge in [0, 0.05) is 29.8 Å². The molecule has 3 heteroatoms. The number of thioether (sulfide) groups is 1. The summed E-state index contributed by atoms with van der Waals surface area (Å²) in [4.78, 5) is 3.93. The van der Waals surface area contributed by atoms with E-state index in [2.05, 4.69) is 47.6 Å². The molecule has 2 nitrogen and oxygen atoms in total. The smallest absolute Gasteiger partial charge is 0.0204 e. The summed E-state index contributed by atoms with van der Waals surface area (Å²) in [7, 11) is 2.06. The molecule has 0 bridgehead atoms. The highest BCUT2D eigenvalue weighted by Gasteiger charge is 2.19. The Hall–Kier alpha value is -0.510. The van der Waals surface area contributed by atoms with Crippen LogP contribution < -0.4 is 5.32 Å². The van der Waals surface area contributed by atoms with E-state index >= 15 is 0 Å². The Morgan fingerprint density at radius 1 is 1.38 bits per heavy atom. The third kappa shape index (κ3) is 3.51. The molecule has 1 aliphatic rings. The summed E-state index contributed by atoms with van der Waals surface area (Å²) in [6, 6.07) is 11.4. The first-order valence-corrected chi connectivity index (χ1v) is 6.94. The predicted molar refractivity (Wildman–Crippen MR) is 71.1 cm³/mol. The largest absolute Gasteiger partial charge is 0.316 e. The van der Waals surface area contributed by atoms with E-state index in [4.69, 9.17) is 0 Å². The minimum Gasteiger partial charge on any atom is -0.316 e. The summed E-state index contributed by atoms with van der Waals surface area (Å²) in [6.45, 7) is 3.67. The van der Waals surface area contributed by atoms with Gasteiger partial charge in [-0.25, -0.2) is 0 Å². The number of nitrogens with one attached hydrogen (secondary N) is 1. The van der Waals surface area contributed by atoms with E-state index in [1.54, 1.807) is 0 Å². The van der Waals surface area contributed by atoms with Crippen LogP contribution in [0.3, 0.4) is 0 Å². The molecule has 2 rings (SSSR count). The summed E-state index contributed by atoms with van der Waals surface area (Å²) in [6.07, 6.45) is 1.30. The number of hydrogen-bond acceptors (Lipinski definition) is 3. The maximum absolute atomic E-state index is 3.35. The van der Waals surface area contributed by atoms with Gasteiger partial charge in [-0.2, -0.15) is 0 Å². The molecule has 1 aromatic carbocycles. The zero-order chi connectivity index (χ0) is 11.2. The van der Waals surface area contributed by atoms with Crippen molar-refractivity contribution >= 4 is 11.8 Å². The van der Waals surface area contributed by atoms with Crippen LogP contribution >= 0.6 is 11.8 Å². The van der Waals surface area contributed by atoms with Crippen LogP contribution in [0, 0.1) is 0 Å². The highest BCUT2D eigenvalue weighted by atomic mass is 32.2. The molecule has 1 N–H and O–H groups in total. The second kappa shape index (κ2) is 6.28. The number of hydrogen-bond donors (Lipinski definition) is 1. The van der Waals surface area contributed by atoms with Gasteiger partial charge in [-0.05, 0) is 32.1 Å². The SMILES string of the molecule is CNC1CCN(CCSc2ccccc2)C1. The molecule has 0 aliphatic carbocycles. The average Bonchev–Trinajstić information content (AvgIpc) is 2.78. The first kappa shape index (κ1) is 12.0. The third-order valence-corrected chi connectivity index (χ3v) is 4.09. The van der Waals surface area contributed by atoms with Crippen LogP contribution in [0.15, 0.2) is 35.2 Å².